The van der Waals surface area contributed by atoms with E-state index in [0.717, 1.165) is 32.7 Å². The van der Waals surface area contributed by atoms with Gasteiger partial charge in [0, 0.05) is 27.9 Å². The summed E-state index contributed by atoms with van der Waals surface area (Å²) in [6.45, 7) is 0. The van der Waals surface area contributed by atoms with Gasteiger partial charge in [-0.25, -0.2) is 4.98 Å². The van der Waals surface area contributed by atoms with E-state index < -0.39 is 0 Å². The fourth-order valence-corrected chi connectivity index (χ4v) is 7.70. The molecular weight excluding hydrogens is 581 g/mol. The summed E-state index contributed by atoms with van der Waals surface area (Å²) in [5.41, 5.74) is 10.2. The standard InChI is InChI=1S/C46H28N2/c1-2-11-33-28-34(24-19-29(33)10-1)44-37-15-5-3-13-35(37)42(36-14-4-6-16-38(36)44)30-20-22-31(23-21-30)43-39-17-7-8-18-41(39)48-46-40(43)26-25-32-12-9-27-47-45(32)46/h1-28H. The van der Waals surface area contributed by atoms with Crippen LogP contribution in [0, 0.1) is 0 Å². The zero-order valence-electron chi connectivity index (χ0n) is 26.1. The smallest absolute Gasteiger partial charge is 0.0978 e. The molecule has 0 fully saturated rings. The molecule has 0 saturated carbocycles. The normalized spacial score (nSPS) is 11.8. The van der Waals surface area contributed by atoms with Gasteiger partial charge in [0.1, 0.15) is 0 Å². The summed E-state index contributed by atoms with van der Waals surface area (Å²) in [5.74, 6) is 0. The molecule has 0 unspecified atom stereocenters. The fraction of sp³-hybridized carbons (Fsp3) is 0. The molecule has 0 N–H and O–H groups in total. The van der Waals surface area contributed by atoms with Gasteiger partial charge in [-0.2, -0.15) is 0 Å². The molecule has 0 atom stereocenters. The summed E-state index contributed by atoms with van der Waals surface area (Å²) in [7, 11) is 0. The second-order valence-electron chi connectivity index (χ2n) is 12.5. The summed E-state index contributed by atoms with van der Waals surface area (Å²) >= 11 is 0. The molecule has 0 aliphatic heterocycles. The molecule has 10 rings (SSSR count). The highest BCUT2D eigenvalue weighted by molar-refractivity contribution is 6.22. The van der Waals surface area contributed by atoms with Crippen molar-refractivity contribution in [2.24, 2.45) is 0 Å². The molecule has 0 radical (unpaired) electrons. The van der Waals surface area contributed by atoms with Crippen molar-refractivity contribution in [3.63, 3.8) is 0 Å². The molecule has 2 heteroatoms. The highest BCUT2D eigenvalue weighted by atomic mass is 14.7. The van der Waals surface area contributed by atoms with Gasteiger partial charge in [-0.05, 0) is 78.3 Å². The third-order valence-electron chi connectivity index (χ3n) is 9.85. The monoisotopic (exact) mass is 608 g/mol. The van der Waals surface area contributed by atoms with Crippen molar-refractivity contribution in [1.82, 2.24) is 9.97 Å². The number of para-hydroxylation sites is 1. The molecule has 2 aromatic heterocycles. The van der Waals surface area contributed by atoms with Crippen LogP contribution in [0.4, 0.5) is 0 Å². The first-order valence-electron chi connectivity index (χ1n) is 16.4. The van der Waals surface area contributed by atoms with E-state index >= 15 is 0 Å². The maximum atomic E-state index is 5.11. The van der Waals surface area contributed by atoms with Crippen LogP contribution in [0.25, 0.3) is 98.4 Å². The molecule has 10 aromatic rings. The molecule has 48 heavy (non-hydrogen) atoms. The molecule has 2 nitrogen and oxygen atoms in total. The Hall–Kier alpha value is -6.38. The lowest BCUT2D eigenvalue weighted by Crippen LogP contribution is -1.92. The molecule has 0 saturated heterocycles. The van der Waals surface area contributed by atoms with Crippen molar-refractivity contribution in [2.75, 3.05) is 0 Å². The van der Waals surface area contributed by atoms with Crippen LogP contribution < -0.4 is 0 Å². The maximum Gasteiger partial charge on any atom is 0.0978 e. The number of pyridine rings is 2. The first kappa shape index (κ1) is 26.8. The number of fused-ring (bicyclic) bond motifs is 7. The fourth-order valence-electron chi connectivity index (χ4n) is 7.70. The first-order chi connectivity index (χ1) is 23.8. The number of rotatable bonds is 3. The Morgan fingerprint density at radius 2 is 0.812 bits per heavy atom. The largest absolute Gasteiger partial charge is 0.254 e. The van der Waals surface area contributed by atoms with E-state index in [1.807, 2.05) is 12.3 Å². The zero-order chi connectivity index (χ0) is 31.6. The second kappa shape index (κ2) is 10.6. The molecule has 0 aliphatic rings. The molecule has 0 spiro atoms. The van der Waals surface area contributed by atoms with Crippen molar-refractivity contribution in [3.8, 4) is 33.4 Å². The lowest BCUT2D eigenvalue weighted by atomic mass is 9.85. The average Bonchev–Trinajstić information content (AvgIpc) is 3.16. The van der Waals surface area contributed by atoms with Gasteiger partial charge in [-0.1, -0.05) is 146 Å². The van der Waals surface area contributed by atoms with Gasteiger partial charge < -0.3 is 0 Å². The minimum Gasteiger partial charge on any atom is -0.254 e. The molecule has 0 amide bonds. The van der Waals surface area contributed by atoms with E-state index in [1.165, 1.54) is 65.7 Å². The van der Waals surface area contributed by atoms with Gasteiger partial charge in [0.05, 0.1) is 16.6 Å². The number of hydrogen-bond acceptors (Lipinski definition) is 2. The van der Waals surface area contributed by atoms with Crippen molar-refractivity contribution in [2.45, 2.75) is 0 Å². The van der Waals surface area contributed by atoms with E-state index in [4.69, 9.17) is 9.97 Å². The maximum absolute atomic E-state index is 5.11. The Labute approximate surface area is 277 Å². The molecule has 8 aromatic carbocycles. The minimum absolute atomic E-state index is 0.933. The topological polar surface area (TPSA) is 25.8 Å². The van der Waals surface area contributed by atoms with Crippen LogP contribution in [0.1, 0.15) is 0 Å². The highest BCUT2D eigenvalue weighted by Gasteiger charge is 2.18. The predicted octanol–water partition coefficient (Wildman–Crippen LogP) is 12.4. The molecule has 2 heterocycles. The van der Waals surface area contributed by atoms with Crippen LogP contribution in [0.2, 0.25) is 0 Å². The summed E-state index contributed by atoms with van der Waals surface area (Å²) in [6, 6.07) is 59.2. The Bertz CT molecular complexity index is 2830. The third kappa shape index (κ3) is 4.06. The van der Waals surface area contributed by atoms with Crippen LogP contribution in [0.15, 0.2) is 170 Å². The number of hydrogen-bond donors (Lipinski definition) is 0. The molecule has 0 aliphatic carbocycles. The van der Waals surface area contributed by atoms with Crippen molar-refractivity contribution in [1.29, 1.82) is 0 Å². The summed E-state index contributed by atoms with van der Waals surface area (Å²) in [5, 5.41) is 10.9. The second-order valence-corrected chi connectivity index (χ2v) is 12.5. The zero-order valence-corrected chi connectivity index (χ0v) is 26.1. The van der Waals surface area contributed by atoms with Crippen LogP contribution in [-0.4, -0.2) is 9.97 Å². The Morgan fingerprint density at radius 3 is 1.50 bits per heavy atom. The van der Waals surface area contributed by atoms with Crippen LogP contribution in [-0.2, 0) is 0 Å². The molecule has 222 valence electrons. The Morgan fingerprint density at radius 1 is 0.312 bits per heavy atom. The predicted molar refractivity (Wildman–Crippen MR) is 203 cm³/mol. The summed E-state index contributed by atoms with van der Waals surface area (Å²) in [4.78, 5) is 9.86. The van der Waals surface area contributed by atoms with Crippen molar-refractivity contribution in [3.05, 3.63) is 170 Å². The third-order valence-corrected chi connectivity index (χ3v) is 9.85. The first-order valence-corrected chi connectivity index (χ1v) is 16.4. The van der Waals surface area contributed by atoms with E-state index in [1.54, 1.807) is 0 Å². The number of nitrogens with zero attached hydrogens (tertiary/aromatic N) is 2. The van der Waals surface area contributed by atoms with E-state index in [9.17, 15) is 0 Å². The Balaban J connectivity index is 1.20. The van der Waals surface area contributed by atoms with Gasteiger partial charge >= 0.3 is 0 Å². The van der Waals surface area contributed by atoms with Gasteiger partial charge in [0.15, 0.2) is 0 Å². The highest BCUT2D eigenvalue weighted by Crippen LogP contribution is 2.45. The lowest BCUT2D eigenvalue weighted by Gasteiger charge is -2.18. The van der Waals surface area contributed by atoms with Crippen LogP contribution in [0.5, 0.6) is 0 Å². The Kier molecular flexibility index (Phi) is 5.91. The van der Waals surface area contributed by atoms with Gasteiger partial charge in [-0.15, -0.1) is 0 Å². The van der Waals surface area contributed by atoms with Crippen LogP contribution >= 0.6 is 0 Å². The summed E-state index contributed by atoms with van der Waals surface area (Å²) in [6.07, 6.45) is 1.85. The minimum atomic E-state index is 0.933. The number of benzene rings is 8. The number of aromatic nitrogens is 2. The van der Waals surface area contributed by atoms with Crippen molar-refractivity contribution >= 4 is 65.0 Å². The quantitative estimate of drug-likeness (QED) is 0.147. The van der Waals surface area contributed by atoms with E-state index in [-0.39, 0.29) is 0 Å². The van der Waals surface area contributed by atoms with Crippen molar-refractivity contribution < 1.29 is 0 Å². The lowest BCUT2D eigenvalue weighted by molar-refractivity contribution is 1.40. The van der Waals surface area contributed by atoms with Crippen LogP contribution in [0.3, 0.4) is 0 Å². The molecule has 0 bridgehead atoms. The molecular formula is C46H28N2. The SMILES string of the molecule is c1ccc2cc(-c3c4ccccc4c(-c4ccc(-c5c6ccccc6nc6c5ccc5cccnc56)cc4)c4ccccc34)ccc2c1. The van der Waals surface area contributed by atoms with Gasteiger partial charge in [0.25, 0.3) is 0 Å². The van der Waals surface area contributed by atoms with E-state index in [2.05, 4.69) is 158 Å². The van der Waals surface area contributed by atoms with E-state index in [0.29, 0.717) is 0 Å². The summed E-state index contributed by atoms with van der Waals surface area (Å²) < 4.78 is 0. The van der Waals surface area contributed by atoms with Gasteiger partial charge in [-0.3, -0.25) is 4.98 Å². The average molecular weight is 609 g/mol. The van der Waals surface area contributed by atoms with Gasteiger partial charge in [0.2, 0.25) is 0 Å².